The van der Waals surface area contributed by atoms with E-state index in [1.54, 1.807) is 12.3 Å². The summed E-state index contributed by atoms with van der Waals surface area (Å²) in [5.74, 6) is -0.104. The van der Waals surface area contributed by atoms with E-state index in [0.717, 1.165) is 43.0 Å². The van der Waals surface area contributed by atoms with Crippen LogP contribution in [0, 0.1) is 0 Å². The van der Waals surface area contributed by atoms with Gasteiger partial charge in [-0.1, -0.05) is 12.8 Å². The molecule has 1 aliphatic heterocycles. The van der Waals surface area contributed by atoms with Crippen LogP contribution < -0.4 is 10.6 Å². The number of amides is 2. The van der Waals surface area contributed by atoms with Gasteiger partial charge in [-0.05, 0) is 49.2 Å². The van der Waals surface area contributed by atoms with Gasteiger partial charge in [0.1, 0.15) is 5.69 Å². The van der Waals surface area contributed by atoms with E-state index in [0.29, 0.717) is 5.69 Å². The summed E-state index contributed by atoms with van der Waals surface area (Å²) in [6.07, 6.45) is 6.15. The number of pyridine rings is 1. The van der Waals surface area contributed by atoms with Crippen molar-refractivity contribution < 1.29 is 9.59 Å². The van der Waals surface area contributed by atoms with Crippen molar-refractivity contribution in [3.05, 3.63) is 48.3 Å². The SMILES string of the molecule is CC(=O)Nc1ccc(Nc2ccnc(C(=O)N3CCCCCC3)c2)cc1. The van der Waals surface area contributed by atoms with Crippen molar-refractivity contribution >= 4 is 28.9 Å². The molecule has 0 aliphatic carbocycles. The van der Waals surface area contributed by atoms with Crippen molar-refractivity contribution in [2.45, 2.75) is 32.6 Å². The number of aromatic nitrogens is 1. The molecule has 0 saturated carbocycles. The molecule has 26 heavy (non-hydrogen) atoms. The van der Waals surface area contributed by atoms with Gasteiger partial charge in [-0.15, -0.1) is 0 Å². The van der Waals surface area contributed by atoms with E-state index in [1.807, 2.05) is 35.2 Å². The fraction of sp³-hybridized carbons (Fsp3) is 0.350. The molecule has 1 saturated heterocycles. The molecule has 0 unspecified atom stereocenters. The largest absolute Gasteiger partial charge is 0.355 e. The minimum Gasteiger partial charge on any atom is -0.355 e. The van der Waals surface area contributed by atoms with Gasteiger partial charge in [0.2, 0.25) is 5.91 Å². The third-order valence-electron chi connectivity index (χ3n) is 4.37. The van der Waals surface area contributed by atoms with Crippen molar-refractivity contribution in [1.29, 1.82) is 0 Å². The Labute approximate surface area is 153 Å². The number of likely N-dealkylation sites (tertiary alicyclic amines) is 1. The highest BCUT2D eigenvalue weighted by Crippen LogP contribution is 2.20. The van der Waals surface area contributed by atoms with Gasteiger partial charge in [0.15, 0.2) is 0 Å². The summed E-state index contributed by atoms with van der Waals surface area (Å²) < 4.78 is 0. The molecule has 0 bridgehead atoms. The number of nitrogens with one attached hydrogen (secondary N) is 2. The van der Waals surface area contributed by atoms with Crippen LogP contribution >= 0.6 is 0 Å². The zero-order valence-corrected chi connectivity index (χ0v) is 15.0. The lowest BCUT2D eigenvalue weighted by atomic mass is 10.2. The van der Waals surface area contributed by atoms with Crippen LogP contribution in [0.1, 0.15) is 43.1 Å². The lowest BCUT2D eigenvalue weighted by molar-refractivity contribution is -0.114. The van der Waals surface area contributed by atoms with Gasteiger partial charge in [0.25, 0.3) is 5.91 Å². The summed E-state index contributed by atoms with van der Waals surface area (Å²) in [6.45, 7) is 3.09. The fourth-order valence-electron chi connectivity index (χ4n) is 3.07. The molecular weight excluding hydrogens is 328 g/mol. The average molecular weight is 352 g/mol. The second kappa shape index (κ2) is 8.47. The average Bonchev–Trinajstić information content (AvgIpc) is 2.92. The van der Waals surface area contributed by atoms with E-state index in [1.165, 1.54) is 19.8 Å². The summed E-state index contributed by atoms with van der Waals surface area (Å²) in [6, 6.07) is 11.0. The highest BCUT2D eigenvalue weighted by Gasteiger charge is 2.18. The number of carbonyl (C=O) groups excluding carboxylic acids is 2. The number of hydrogen-bond donors (Lipinski definition) is 2. The monoisotopic (exact) mass is 352 g/mol. The highest BCUT2D eigenvalue weighted by atomic mass is 16.2. The lowest BCUT2D eigenvalue weighted by Crippen LogP contribution is -2.32. The number of nitrogens with zero attached hydrogens (tertiary/aromatic N) is 2. The van der Waals surface area contributed by atoms with Crippen LogP contribution in [0.4, 0.5) is 17.1 Å². The highest BCUT2D eigenvalue weighted by molar-refractivity contribution is 5.93. The van der Waals surface area contributed by atoms with Gasteiger partial charge >= 0.3 is 0 Å². The Hall–Kier alpha value is -2.89. The second-order valence-corrected chi connectivity index (χ2v) is 6.52. The minimum atomic E-state index is -0.100. The van der Waals surface area contributed by atoms with Gasteiger partial charge in [0.05, 0.1) is 0 Å². The van der Waals surface area contributed by atoms with Crippen LogP contribution in [0.15, 0.2) is 42.6 Å². The molecule has 0 atom stereocenters. The van der Waals surface area contributed by atoms with Crippen LogP contribution in [0.3, 0.4) is 0 Å². The number of carbonyl (C=O) groups is 2. The lowest BCUT2D eigenvalue weighted by Gasteiger charge is -2.20. The molecule has 136 valence electrons. The van der Waals surface area contributed by atoms with E-state index in [2.05, 4.69) is 15.6 Å². The third-order valence-corrected chi connectivity index (χ3v) is 4.37. The first-order chi connectivity index (χ1) is 12.6. The molecule has 1 aliphatic rings. The van der Waals surface area contributed by atoms with Gasteiger partial charge < -0.3 is 15.5 Å². The number of hydrogen-bond acceptors (Lipinski definition) is 4. The molecule has 6 heteroatoms. The Morgan fingerprint density at radius 2 is 1.58 bits per heavy atom. The first-order valence-corrected chi connectivity index (χ1v) is 9.02. The van der Waals surface area contributed by atoms with Crippen molar-refractivity contribution in [2.24, 2.45) is 0 Å². The maximum absolute atomic E-state index is 12.7. The van der Waals surface area contributed by atoms with E-state index in [-0.39, 0.29) is 11.8 Å². The van der Waals surface area contributed by atoms with E-state index in [9.17, 15) is 9.59 Å². The van der Waals surface area contributed by atoms with Crippen LogP contribution in [0.25, 0.3) is 0 Å². The summed E-state index contributed by atoms with van der Waals surface area (Å²) in [7, 11) is 0. The quantitative estimate of drug-likeness (QED) is 0.878. The molecule has 2 heterocycles. The van der Waals surface area contributed by atoms with Gasteiger partial charge in [-0.3, -0.25) is 14.6 Å². The Bertz CT molecular complexity index is 766. The van der Waals surface area contributed by atoms with Gasteiger partial charge in [0, 0.05) is 43.3 Å². The van der Waals surface area contributed by atoms with E-state index >= 15 is 0 Å². The summed E-state index contributed by atoms with van der Waals surface area (Å²) in [5, 5.41) is 6.01. The van der Waals surface area contributed by atoms with Crippen molar-refractivity contribution in [3.63, 3.8) is 0 Å². The van der Waals surface area contributed by atoms with Crippen LogP contribution in [0.5, 0.6) is 0 Å². The molecule has 1 fully saturated rings. The molecule has 1 aromatic carbocycles. The van der Waals surface area contributed by atoms with Crippen molar-refractivity contribution in [3.8, 4) is 0 Å². The second-order valence-electron chi connectivity index (χ2n) is 6.52. The van der Waals surface area contributed by atoms with Gasteiger partial charge in [-0.25, -0.2) is 0 Å². The van der Waals surface area contributed by atoms with Crippen LogP contribution in [-0.2, 0) is 4.79 Å². The standard InChI is InChI=1S/C20H24N4O2/c1-15(25)22-16-6-8-17(9-7-16)23-18-10-11-21-19(14-18)20(26)24-12-4-2-3-5-13-24/h6-11,14H,2-5,12-13H2,1H3,(H,21,23)(H,22,25). The summed E-state index contributed by atoms with van der Waals surface area (Å²) >= 11 is 0. The van der Waals surface area contributed by atoms with Crippen molar-refractivity contribution in [2.75, 3.05) is 23.7 Å². The molecule has 1 aromatic heterocycles. The third kappa shape index (κ3) is 4.81. The molecule has 2 aromatic rings. The molecule has 6 nitrogen and oxygen atoms in total. The normalized spacial score (nSPS) is 14.4. The maximum atomic E-state index is 12.7. The zero-order chi connectivity index (χ0) is 18.4. The fourth-order valence-corrected chi connectivity index (χ4v) is 3.07. The predicted octanol–water partition coefficient (Wildman–Crippen LogP) is 3.80. The van der Waals surface area contributed by atoms with E-state index < -0.39 is 0 Å². The first-order valence-electron chi connectivity index (χ1n) is 9.02. The topological polar surface area (TPSA) is 74.3 Å². The van der Waals surface area contributed by atoms with Crippen molar-refractivity contribution in [1.82, 2.24) is 9.88 Å². The minimum absolute atomic E-state index is 0.00319. The Morgan fingerprint density at radius 1 is 0.923 bits per heavy atom. The number of benzene rings is 1. The smallest absolute Gasteiger partial charge is 0.272 e. The Kier molecular flexibility index (Phi) is 5.84. The van der Waals surface area contributed by atoms with Crippen LogP contribution in [-0.4, -0.2) is 34.8 Å². The van der Waals surface area contributed by atoms with E-state index in [4.69, 9.17) is 0 Å². The summed E-state index contributed by atoms with van der Waals surface area (Å²) in [4.78, 5) is 29.9. The molecule has 0 spiro atoms. The number of rotatable bonds is 4. The number of anilines is 3. The zero-order valence-electron chi connectivity index (χ0n) is 15.0. The summed E-state index contributed by atoms with van der Waals surface area (Å²) in [5.41, 5.74) is 2.89. The molecule has 3 rings (SSSR count). The molecule has 2 amide bonds. The Morgan fingerprint density at radius 3 is 2.23 bits per heavy atom. The predicted molar refractivity (Wildman–Crippen MR) is 103 cm³/mol. The molecular formula is C20H24N4O2. The van der Waals surface area contributed by atoms with Gasteiger partial charge in [-0.2, -0.15) is 0 Å². The Balaban J connectivity index is 1.68. The molecule has 0 radical (unpaired) electrons. The maximum Gasteiger partial charge on any atom is 0.272 e. The van der Waals surface area contributed by atoms with Crippen LogP contribution in [0.2, 0.25) is 0 Å². The molecule has 2 N–H and O–H groups in total. The first kappa shape index (κ1) is 17.9.